The van der Waals surface area contributed by atoms with E-state index in [1.165, 1.54) is 11.3 Å². The van der Waals surface area contributed by atoms with Crippen molar-refractivity contribution in [1.29, 1.82) is 0 Å². The summed E-state index contributed by atoms with van der Waals surface area (Å²) < 4.78 is 7.48. The predicted octanol–water partition coefficient (Wildman–Crippen LogP) is 2.33. The Labute approximate surface area is 102 Å². The summed E-state index contributed by atoms with van der Waals surface area (Å²) in [7, 11) is 0. The van der Waals surface area contributed by atoms with E-state index in [0.29, 0.717) is 0 Å². The average molecular weight is 233 g/mol. The zero-order valence-corrected chi connectivity index (χ0v) is 10.4. The third kappa shape index (κ3) is 2.97. The van der Waals surface area contributed by atoms with Gasteiger partial charge in [0.2, 0.25) is 0 Å². The van der Waals surface area contributed by atoms with Crippen LogP contribution in [0.25, 0.3) is 0 Å². The maximum Gasteiger partial charge on any atom is 0.122 e. The molecule has 0 spiro atoms. The van der Waals surface area contributed by atoms with Crippen molar-refractivity contribution in [3.8, 4) is 0 Å². The van der Waals surface area contributed by atoms with Gasteiger partial charge in [-0.3, -0.25) is 4.68 Å². The van der Waals surface area contributed by atoms with Gasteiger partial charge < -0.3 is 9.73 Å². The monoisotopic (exact) mass is 233 g/mol. The van der Waals surface area contributed by atoms with Crippen LogP contribution in [0.3, 0.4) is 0 Å². The fraction of sp³-hybridized carbons (Fsp3) is 0.462. The first-order chi connectivity index (χ1) is 8.31. The van der Waals surface area contributed by atoms with Crippen LogP contribution in [-0.4, -0.2) is 16.3 Å². The van der Waals surface area contributed by atoms with Crippen LogP contribution in [0.4, 0.5) is 0 Å². The van der Waals surface area contributed by atoms with Crippen LogP contribution >= 0.6 is 0 Å². The minimum atomic E-state index is 0.776. The van der Waals surface area contributed by atoms with E-state index in [2.05, 4.69) is 24.3 Å². The van der Waals surface area contributed by atoms with E-state index in [4.69, 9.17) is 4.42 Å². The van der Waals surface area contributed by atoms with Gasteiger partial charge in [-0.1, -0.05) is 6.92 Å². The second kappa shape index (κ2) is 5.68. The molecule has 0 aliphatic heterocycles. The smallest absolute Gasteiger partial charge is 0.122 e. The number of hydrogen-bond acceptors (Lipinski definition) is 3. The maximum atomic E-state index is 5.50. The van der Waals surface area contributed by atoms with Gasteiger partial charge in [0.1, 0.15) is 5.76 Å². The second-order valence-electron chi connectivity index (χ2n) is 4.18. The molecule has 0 bridgehead atoms. The Morgan fingerprint density at radius 2 is 2.29 bits per heavy atom. The van der Waals surface area contributed by atoms with E-state index < -0.39 is 0 Å². The molecule has 2 rings (SSSR count). The highest BCUT2D eigenvalue weighted by Gasteiger charge is 2.07. The van der Waals surface area contributed by atoms with Gasteiger partial charge in [-0.2, -0.15) is 5.10 Å². The Hall–Kier alpha value is -1.55. The predicted molar refractivity (Wildman–Crippen MR) is 66.8 cm³/mol. The second-order valence-corrected chi connectivity index (χ2v) is 4.18. The zero-order chi connectivity index (χ0) is 12.1. The van der Waals surface area contributed by atoms with Crippen molar-refractivity contribution in [3.05, 3.63) is 41.6 Å². The Morgan fingerprint density at radius 3 is 3.00 bits per heavy atom. The molecule has 0 aliphatic carbocycles. The molecule has 2 aromatic rings. The van der Waals surface area contributed by atoms with Gasteiger partial charge in [0.25, 0.3) is 0 Å². The van der Waals surface area contributed by atoms with Crippen molar-refractivity contribution >= 4 is 0 Å². The lowest BCUT2D eigenvalue weighted by molar-refractivity contribution is 0.475. The van der Waals surface area contributed by atoms with Crippen molar-refractivity contribution < 1.29 is 4.42 Å². The zero-order valence-electron chi connectivity index (χ0n) is 10.4. The molecule has 2 heterocycles. The Kier molecular flexibility index (Phi) is 3.98. The van der Waals surface area contributed by atoms with E-state index in [1.54, 1.807) is 6.26 Å². The highest BCUT2D eigenvalue weighted by atomic mass is 16.3. The standard InChI is InChI=1S/C13H19N3O/c1-3-6-14-9-13-12(5-8-17-13)10-16-11(2)4-7-15-16/h4-5,7-8,14H,3,6,9-10H2,1-2H3. The summed E-state index contributed by atoms with van der Waals surface area (Å²) in [5.41, 5.74) is 2.36. The van der Waals surface area contributed by atoms with Crippen LogP contribution in [0.15, 0.2) is 29.0 Å². The molecule has 1 N–H and O–H groups in total. The first-order valence-corrected chi connectivity index (χ1v) is 6.05. The first kappa shape index (κ1) is 11.9. The molecule has 0 aliphatic rings. The van der Waals surface area contributed by atoms with Crippen molar-refractivity contribution in [2.24, 2.45) is 0 Å². The molecule has 0 fully saturated rings. The van der Waals surface area contributed by atoms with Gasteiger partial charge >= 0.3 is 0 Å². The van der Waals surface area contributed by atoms with Crippen LogP contribution < -0.4 is 5.32 Å². The molecule has 0 amide bonds. The molecule has 0 unspecified atom stereocenters. The van der Waals surface area contributed by atoms with E-state index in [9.17, 15) is 0 Å². The number of hydrogen-bond donors (Lipinski definition) is 1. The average Bonchev–Trinajstić information content (AvgIpc) is 2.91. The number of aryl methyl sites for hydroxylation is 1. The summed E-state index contributed by atoms with van der Waals surface area (Å²) in [6.07, 6.45) is 4.70. The summed E-state index contributed by atoms with van der Waals surface area (Å²) in [6, 6.07) is 4.03. The minimum Gasteiger partial charge on any atom is -0.468 e. The summed E-state index contributed by atoms with van der Waals surface area (Å²) >= 11 is 0. The molecule has 17 heavy (non-hydrogen) atoms. The van der Waals surface area contributed by atoms with Gasteiger partial charge in [-0.05, 0) is 32.0 Å². The normalized spacial score (nSPS) is 10.9. The molecule has 0 radical (unpaired) electrons. The number of furan rings is 1. The number of rotatable bonds is 6. The molecular weight excluding hydrogens is 214 g/mol. The summed E-state index contributed by atoms with van der Waals surface area (Å²) in [6.45, 7) is 6.79. The van der Waals surface area contributed by atoms with Gasteiger partial charge in [0.15, 0.2) is 0 Å². The quantitative estimate of drug-likeness (QED) is 0.779. The lowest BCUT2D eigenvalue weighted by atomic mass is 10.2. The molecule has 4 nitrogen and oxygen atoms in total. The van der Waals surface area contributed by atoms with Gasteiger partial charge in [-0.15, -0.1) is 0 Å². The molecule has 92 valence electrons. The first-order valence-electron chi connectivity index (χ1n) is 6.05. The molecule has 4 heteroatoms. The number of aromatic nitrogens is 2. The van der Waals surface area contributed by atoms with Crippen molar-refractivity contribution in [3.63, 3.8) is 0 Å². The molecular formula is C13H19N3O. The van der Waals surface area contributed by atoms with Crippen LogP contribution in [0, 0.1) is 6.92 Å². The highest BCUT2D eigenvalue weighted by molar-refractivity contribution is 5.18. The van der Waals surface area contributed by atoms with E-state index >= 15 is 0 Å². The topological polar surface area (TPSA) is 43.0 Å². The fourth-order valence-corrected chi connectivity index (χ4v) is 1.77. The highest BCUT2D eigenvalue weighted by Crippen LogP contribution is 2.12. The Balaban J connectivity index is 2.01. The Morgan fingerprint density at radius 1 is 1.41 bits per heavy atom. The lowest BCUT2D eigenvalue weighted by Gasteiger charge is -2.06. The van der Waals surface area contributed by atoms with E-state index in [0.717, 1.165) is 31.8 Å². The van der Waals surface area contributed by atoms with Crippen LogP contribution in [0.2, 0.25) is 0 Å². The summed E-state index contributed by atoms with van der Waals surface area (Å²) in [5.74, 6) is 1.01. The Bertz CT molecular complexity index is 459. The van der Waals surface area contributed by atoms with Gasteiger partial charge in [-0.25, -0.2) is 0 Å². The summed E-state index contributed by atoms with van der Waals surface area (Å²) in [5, 5.41) is 7.63. The summed E-state index contributed by atoms with van der Waals surface area (Å²) in [4.78, 5) is 0. The largest absolute Gasteiger partial charge is 0.468 e. The third-order valence-electron chi connectivity index (χ3n) is 2.80. The molecule has 2 aromatic heterocycles. The lowest BCUT2D eigenvalue weighted by Crippen LogP contribution is -2.15. The molecule has 0 saturated carbocycles. The molecule has 0 atom stereocenters. The number of nitrogens with zero attached hydrogens (tertiary/aromatic N) is 2. The molecule has 0 aromatic carbocycles. The number of nitrogens with one attached hydrogen (secondary N) is 1. The van der Waals surface area contributed by atoms with E-state index in [1.807, 2.05) is 23.0 Å². The van der Waals surface area contributed by atoms with Crippen molar-refractivity contribution in [2.45, 2.75) is 33.4 Å². The van der Waals surface area contributed by atoms with Crippen molar-refractivity contribution in [2.75, 3.05) is 6.54 Å². The molecule has 0 saturated heterocycles. The van der Waals surface area contributed by atoms with Crippen LogP contribution in [-0.2, 0) is 13.1 Å². The SMILES string of the molecule is CCCNCc1occc1Cn1nccc1C. The van der Waals surface area contributed by atoms with Crippen LogP contribution in [0.5, 0.6) is 0 Å². The van der Waals surface area contributed by atoms with Crippen molar-refractivity contribution in [1.82, 2.24) is 15.1 Å². The van der Waals surface area contributed by atoms with Gasteiger partial charge in [0.05, 0.1) is 19.4 Å². The van der Waals surface area contributed by atoms with Crippen LogP contribution in [0.1, 0.15) is 30.4 Å². The van der Waals surface area contributed by atoms with Gasteiger partial charge in [0, 0.05) is 17.5 Å². The maximum absolute atomic E-state index is 5.50. The third-order valence-corrected chi connectivity index (χ3v) is 2.80. The van der Waals surface area contributed by atoms with E-state index in [-0.39, 0.29) is 0 Å². The minimum absolute atomic E-state index is 0.776. The fourth-order valence-electron chi connectivity index (χ4n) is 1.77.